The van der Waals surface area contributed by atoms with Crippen molar-refractivity contribution in [2.75, 3.05) is 0 Å². The molecule has 0 amide bonds. The Bertz CT molecular complexity index is 960. The molecule has 24 heavy (non-hydrogen) atoms. The van der Waals surface area contributed by atoms with Gasteiger partial charge in [-0.25, -0.2) is 4.79 Å². The summed E-state index contributed by atoms with van der Waals surface area (Å²) in [6, 6.07) is 8.57. The smallest absolute Gasteiger partial charge is 0.417 e. The van der Waals surface area contributed by atoms with Gasteiger partial charge < -0.3 is 10.1 Å². The minimum atomic E-state index is -4.63. The van der Waals surface area contributed by atoms with Crippen LogP contribution in [-0.2, 0) is 6.18 Å². The molecule has 1 heterocycles. The molecule has 2 aromatic carbocycles. The molecule has 0 spiro atoms. The molecule has 0 unspecified atom stereocenters. The van der Waals surface area contributed by atoms with Crippen molar-refractivity contribution in [1.82, 2.24) is 4.98 Å². The lowest BCUT2D eigenvalue weighted by Crippen LogP contribution is -2.06. The Morgan fingerprint density at radius 1 is 1.21 bits per heavy atom. The van der Waals surface area contributed by atoms with E-state index in [9.17, 15) is 23.1 Å². The second-order valence-corrected chi connectivity index (χ2v) is 5.78. The summed E-state index contributed by atoms with van der Waals surface area (Å²) in [5, 5.41) is 9.54. The number of fused-ring (bicyclic) bond motifs is 1. The molecular weight excluding hydrogens is 343 g/mol. The van der Waals surface area contributed by atoms with Crippen molar-refractivity contribution in [2.45, 2.75) is 13.1 Å². The van der Waals surface area contributed by atoms with Crippen molar-refractivity contribution >= 4 is 28.5 Å². The third-order valence-electron chi connectivity index (χ3n) is 3.82. The molecule has 3 nitrogen and oxygen atoms in total. The largest absolute Gasteiger partial charge is 0.477 e. The summed E-state index contributed by atoms with van der Waals surface area (Å²) in [6.45, 7) is 1.79. The average Bonchev–Trinajstić information content (AvgIpc) is 2.88. The molecule has 0 fully saturated rings. The number of H-pyrrole nitrogens is 1. The summed E-state index contributed by atoms with van der Waals surface area (Å²) in [5.74, 6) is -1.25. The van der Waals surface area contributed by atoms with E-state index in [2.05, 4.69) is 4.98 Å². The van der Waals surface area contributed by atoms with E-state index in [1.54, 1.807) is 25.1 Å². The molecule has 0 aliphatic carbocycles. The third kappa shape index (κ3) is 2.63. The van der Waals surface area contributed by atoms with Crippen LogP contribution in [0.1, 0.15) is 21.6 Å². The molecule has 2 N–H and O–H groups in total. The predicted octanol–water partition coefficient (Wildman–Crippen LogP) is 5.51. The Kier molecular flexibility index (Phi) is 3.80. The molecule has 3 rings (SSSR count). The van der Waals surface area contributed by atoms with Crippen LogP contribution in [0.3, 0.4) is 0 Å². The molecule has 0 saturated heterocycles. The summed E-state index contributed by atoms with van der Waals surface area (Å²) in [4.78, 5) is 14.3. The van der Waals surface area contributed by atoms with Crippen LogP contribution >= 0.6 is 11.6 Å². The molecular formula is C17H11ClF3NO2. The van der Waals surface area contributed by atoms with E-state index in [-0.39, 0.29) is 16.8 Å². The van der Waals surface area contributed by atoms with E-state index >= 15 is 0 Å². The lowest BCUT2D eigenvalue weighted by Gasteiger charge is -2.11. The Morgan fingerprint density at radius 2 is 1.92 bits per heavy atom. The fourth-order valence-corrected chi connectivity index (χ4v) is 2.95. The summed E-state index contributed by atoms with van der Waals surface area (Å²) in [5.41, 5.74) is 0.568. The van der Waals surface area contributed by atoms with Gasteiger partial charge in [0.2, 0.25) is 0 Å². The topological polar surface area (TPSA) is 53.1 Å². The van der Waals surface area contributed by atoms with Crippen LogP contribution in [0.25, 0.3) is 22.0 Å². The maximum Gasteiger partial charge on any atom is 0.417 e. The first-order chi connectivity index (χ1) is 11.2. The second-order valence-electron chi connectivity index (χ2n) is 5.37. The fourth-order valence-electron chi connectivity index (χ4n) is 2.72. The number of carbonyl (C=O) groups is 1. The highest BCUT2D eigenvalue weighted by atomic mass is 35.5. The van der Waals surface area contributed by atoms with Crippen molar-refractivity contribution in [1.29, 1.82) is 0 Å². The van der Waals surface area contributed by atoms with Crippen LogP contribution < -0.4 is 0 Å². The van der Waals surface area contributed by atoms with E-state index in [0.717, 1.165) is 17.7 Å². The lowest BCUT2D eigenvalue weighted by molar-refractivity contribution is -0.137. The van der Waals surface area contributed by atoms with Crippen molar-refractivity contribution in [3.8, 4) is 11.1 Å². The molecule has 0 aliphatic heterocycles. The van der Waals surface area contributed by atoms with Crippen LogP contribution in [0.4, 0.5) is 13.2 Å². The van der Waals surface area contributed by atoms with Gasteiger partial charge in [-0.05, 0) is 30.2 Å². The highest BCUT2D eigenvalue weighted by Gasteiger charge is 2.34. The molecule has 124 valence electrons. The van der Waals surface area contributed by atoms with E-state index in [0.29, 0.717) is 10.9 Å². The lowest BCUT2D eigenvalue weighted by atomic mass is 9.98. The summed E-state index contributed by atoms with van der Waals surface area (Å²) in [6.07, 6.45) is -4.63. The number of rotatable bonds is 2. The zero-order chi connectivity index (χ0) is 17.6. The number of aromatic amines is 1. The third-order valence-corrected chi connectivity index (χ3v) is 4.15. The fraction of sp³-hybridized carbons (Fsp3) is 0.118. The van der Waals surface area contributed by atoms with Gasteiger partial charge in [-0.15, -0.1) is 0 Å². The van der Waals surface area contributed by atoms with E-state index in [1.165, 1.54) is 6.07 Å². The van der Waals surface area contributed by atoms with Crippen molar-refractivity contribution < 1.29 is 23.1 Å². The number of alkyl halides is 3. The van der Waals surface area contributed by atoms with Gasteiger partial charge in [0.25, 0.3) is 0 Å². The number of aromatic nitrogens is 1. The maximum absolute atomic E-state index is 13.1. The summed E-state index contributed by atoms with van der Waals surface area (Å²) >= 11 is 5.64. The molecule has 0 radical (unpaired) electrons. The van der Waals surface area contributed by atoms with Crippen LogP contribution in [0.2, 0.25) is 5.02 Å². The Morgan fingerprint density at radius 3 is 2.54 bits per heavy atom. The second kappa shape index (κ2) is 5.56. The average molecular weight is 354 g/mol. The van der Waals surface area contributed by atoms with Gasteiger partial charge in [-0.1, -0.05) is 35.9 Å². The first-order valence-electron chi connectivity index (χ1n) is 6.92. The summed E-state index contributed by atoms with van der Waals surface area (Å²) < 4.78 is 39.3. The zero-order valence-corrected chi connectivity index (χ0v) is 13.1. The van der Waals surface area contributed by atoms with Gasteiger partial charge in [0.05, 0.1) is 10.6 Å². The van der Waals surface area contributed by atoms with E-state index in [1.807, 2.05) is 0 Å². The number of hydrogen-bond donors (Lipinski definition) is 2. The standard InChI is InChI=1S/C17H11ClF3NO2/c1-8-3-2-4-10-13(15(16(23)24)22-14(8)10)9-5-6-12(18)11(7-9)17(19,20)21/h2-7,22H,1H3,(H,23,24). The monoisotopic (exact) mass is 353 g/mol. The molecule has 1 aromatic heterocycles. The zero-order valence-electron chi connectivity index (χ0n) is 12.3. The molecule has 0 saturated carbocycles. The number of aromatic carboxylic acids is 1. The number of halogens is 4. The molecule has 0 aliphatic rings. The van der Waals surface area contributed by atoms with Crippen LogP contribution in [-0.4, -0.2) is 16.1 Å². The van der Waals surface area contributed by atoms with Crippen LogP contribution in [0.15, 0.2) is 36.4 Å². The minimum Gasteiger partial charge on any atom is -0.477 e. The predicted molar refractivity (Wildman–Crippen MR) is 85.4 cm³/mol. The Hall–Kier alpha value is -2.47. The van der Waals surface area contributed by atoms with Crippen LogP contribution in [0.5, 0.6) is 0 Å². The first kappa shape index (κ1) is 16.4. The highest BCUT2D eigenvalue weighted by Crippen LogP contribution is 2.40. The van der Waals surface area contributed by atoms with Crippen molar-refractivity contribution in [3.05, 3.63) is 58.2 Å². The number of para-hydroxylation sites is 1. The Balaban J connectivity index is 2.36. The minimum absolute atomic E-state index is 0.140. The highest BCUT2D eigenvalue weighted by molar-refractivity contribution is 6.31. The van der Waals surface area contributed by atoms with Crippen molar-refractivity contribution in [2.24, 2.45) is 0 Å². The molecule has 3 aromatic rings. The number of nitrogens with one attached hydrogen (secondary N) is 1. The molecule has 0 atom stereocenters. The van der Waals surface area contributed by atoms with Crippen molar-refractivity contribution in [3.63, 3.8) is 0 Å². The molecule has 7 heteroatoms. The van der Waals surface area contributed by atoms with Crippen LogP contribution in [0, 0.1) is 6.92 Å². The maximum atomic E-state index is 13.1. The normalized spacial score (nSPS) is 11.9. The quantitative estimate of drug-likeness (QED) is 0.638. The SMILES string of the molecule is Cc1cccc2c(-c3ccc(Cl)c(C(F)(F)F)c3)c(C(=O)O)[nH]c12. The summed E-state index contributed by atoms with van der Waals surface area (Å²) in [7, 11) is 0. The number of hydrogen-bond acceptors (Lipinski definition) is 1. The number of carboxylic acid groups (broad SMARTS) is 1. The number of aryl methyl sites for hydroxylation is 1. The Labute approximate surface area is 139 Å². The number of benzene rings is 2. The van der Waals surface area contributed by atoms with E-state index in [4.69, 9.17) is 11.6 Å². The molecule has 0 bridgehead atoms. The first-order valence-corrected chi connectivity index (χ1v) is 7.29. The van der Waals surface area contributed by atoms with E-state index < -0.39 is 22.7 Å². The number of carboxylic acids is 1. The van der Waals surface area contributed by atoms with Gasteiger partial charge in [-0.2, -0.15) is 13.2 Å². The van der Waals surface area contributed by atoms with Gasteiger partial charge in [0.1, 0.15) is 5.69 Å². The van der Waals surface area contributed by atoms with Gasteiger partial charge in [0, 0.05) is 16.5 Å². The van der Waals surface area contributed by atoms with Gasteiger partial charge in [0.15, 0.2) is 0 Å². The van der Waals surface area contributed by atoms with Gasteiger partial charge >= 0.3 is 12.1 Å². The van der Waals surface area contributed by atoms with Gasteiger partial charge in [-0.3, -0.25) is 0 Å².